The zero-order valence-corrected chi connectivity index (χ0v) is 8.90. The van der Waals surface area contributed by atoms with Gasteiger partial charge >= 0.3 is 12.1 Å². The van der Waals surface area contributed by atoms with Crippen LogP contribution >= 0.6 is 0 Å². The molecular weight excluding hydrogens is 255 g/mol. The lowest BCUT2D eigenvalue weighted by Crippen LogP contribution is -2.18. The molecule has 8 heteroatoms. The van der Waals surface area contributed by atoms with Gasteiger partial charge in [-0.2, -0.15) is 13.2 Å². The van der Waals surface area contributed by atoms with E-state index in [4.69, 9.17) is 15.9 Å². The highest BCUT2D eigenvalue weighted by atomic mass is 19.4. The molecule has 0 aliphatic carbocycles. The number of phenolic OH excluding ortho intramolecular Hbond substituents is 1. The second-order valence-electron chi connectivity index (χ2n) is 3.55. The number of aliphatic hydroxyl groups is 1. The molecule has 0 spiro atoms. The van der Waals surface area contributed by atoms with Crippen LogP contribution in [0.5, 0.6) is 5.75 Å². The quantitative estimate of drug-likeness (QED) is 0.655. The number of benzene rings is 1. The maximum Gasteiger partial charge on any atom is 0.417 e. The number of phenols is 1. The summed E-state index contributed by atoms with van der Waals surface area (Å²) in [6, 6.07) is -0.263. The largest absolute Gasteiger partial charge is 0.508 e. The molecule has 0 saturated heterocycles. The molecule has 1 aromatic carbocycles. The highest BCUT2D eigenvalue weighted by Crippen LogP contribution is 2.37. The van der Waals surface area contributed by atoms with Gasteiger partial charge in [0.1, 0.15) is 5.75 Å². The van der Waals surface area contributed by atoms with Crippen molar-refractivity contribution in [3.63, 3.8) is 0 Å². The molecule has 100 valence electrons. The van der Waals surface area contributed by atoms with E-state index in [0.717, 1.165) is 0 Å². The Balaban J connectivity index is 3.49. The third-order valence-electron chi connectivity index (χ3n) is 2.30. The number of hydrogen-bond acceptors (Lipinski definition) is 4. The molecule has 18 heavy (non-hydrogen) atoms. The van der Waals surface area contributed by atoms with E-state index in [1.54, 1.807) is 0 Å². The van der Waals surface area contributed by atoms with Crippen LogP contribution < -0.4 is 5.73 Å². The van der Waals surface area contributed by atoms with Gasteiger partial charge in [-0.3, -0.25) is 0 Å². The summed E-state index contributed by atoms with van der Waals surface area (Å²) in [5, 5.41) is 26.9. The molecule has 5 nitrogen and oxygen atoms in total. The van der Waals surface area contributed by atoms with Crippen LogP contribution in [0.25, 0.3) is 0 Å². The Morgan fingerprint density at radius 2 is 1.94 bits per heavy atom. The summed E-state index contributed by atoms with van der Waals surface area (Å²) in [6.07, 6.45) is -4.91. The number of carboxylic acid groups (broad SMARTS) is 1. The molecule has 0 fully saturated rings. The molecule has 0 aliphatic heterocycles. The maximum atomic E-state index is 12.5. The first kappa shape index (κ1) is 14.3. The molecule has 5 N–H and O–H groups in total. The minimum absolute atomic E-state index is 0.261. The first-order valence-corrected chi connectivity index (χ1v) is 4.72. The van der Waals surface area contributed by atoms with Gasteiger partial charge in [0.2, 0.25) is 0 Å². The third-order valence-corrected chi connectivity index (χ3v) is 2.30. The molecule has 0 amide bonds. The predicted molar refractivity (Wildman–Crippen MR) is 54.1 cm³/mol. The standard InChI is InChI=1S/C10H10F3NO4/c11-10(12,13)6-2-8(16)5(7(14)3-15)1-4(6)9(17)18/h1-2,7,15-16H,3,14H2,(H,17,18)/t7-/m0/s1. The first-order chi connectivity index (χ1) is 8.18. The van der Waals surface area contributed by atoms with E-state index in [9.17, 15) is 23.1 Å². The second kappa shape index (κ2) is 4.83. The van der Waals surface area contributed by atoms with Gasteiger partial charge in [-0.05, 0) is 12.1 Å². The van der Waals surface area contributed by atoms with Crippen molar-refractivity contribution in [2.45, 2.75) is 12.2 Å². The number of aromatic carboxylic acids is 1. The van der Waals surface area contributed by atoms with E-state index in [1.807, 2.05) is 0 Å². The normalized spacial score (nSPS) is 13.4. The lowest BCUT2D eigenvalue weighted by molar-refractivity contribution is -0.138. The number of alkyl halides is 3. The summed E-state index contributed by atoms with van der Waals surface area (Å²) < 4.78 is 37.6. The fourth-order valence-electron chi connectivity index (χ4n) is 1.41. The molecule has 0 heterocycles. The molecule has 0 unspecified atom stereocenters. The molecule has 0 bridgehead atoms. The second-order valence-corrected chi connectivity index (χ2v) is 3.55. The number of nitrogens with two attached hydrogens (primary N) is 1. The average Bonchev–Trinajstić information content (AvgIpc) is 2.26. The Morgan fingerprint density at radius 3 is 2.33 bits per heavy atom. The number of hydrogen-bond donors (Lipinski definition) is 4. The van der Waals surface area contributed by atoms with Crippen molar-refractivity contribution in [3.05, 3.63) is 28.8 Å². The van der Waals surface area contributed by atoms with Gasteiger partial charge in [0.15, 0.2) is 0 Å². The molecule has 1 atom stereocenters. The number of carboxylic acids is 1. The Labute approximate surface area is 99.3 Å². The number of halogens is 3. The van der Waals surface area contributed by atoms with Crippen LogP contribution in [0.4, 0.5) is 13.2 Å². The smallest absolute Gasteiger partial charge is 0.417 e. The summed E-state index contributed by atoms with van der Waals surface area (Å²) in [7, 11) is 0. The first-order valence-electron chi connectivity index (χ1n) is 4.72. The monoisotopic (exact) mass is 265 g/mol. The summed E-state index contributed by atoms with van der Waals surface area (Å²) in [4.78, 5) is 10.8. The van der Waals surface area contributed by atoms with Gasteiger partial charge in [-0.25, -0.2) is 4.79 Å². The van der Waals surface area contributed by atoms with E-state index in [2.05, 4.69) is 0 Å². The van der Waals surface area contributed by atoms with E-state index < -0.39 is 41.7 Å². The lowest BCUT2D eigenvalue weighted by atomic mass is 9.98. The van der Waals surface area contributed by atoms with Crippen molar-refractivity contribution < 1.29 is 33.3 Å². The fourth-order valence-corrected chi connectivity index (χ4v) is 1.41. The van der Waals surface area contributed by atoms with Crippen LogP contribution in [0, 0.1) is 0 Å². The number of aliphatic hydroxyl groups excluding tert-OH is 1. The van der Waals surface area contributed by atoms with Crippen molar-refractivity contribution in [1.29, 1.82) is 0 Å². The minimum Gasteiger partial charge on any atom is -0.508 e. The summed E-state index contributed by atoms with van der Waals surface area (Å²) >= 11 is 0. The van der Waals surface area contributed by atoms with E-state index >= 15 is 0 Å². The topological polar surface area (TPSA) is 104 Å². The van der Waals surface area contributed by atoms with Crippen LogP contribution in [0.1, 0.15) is 27.5 Å². The Hall–Kier alpha value is -1.80. The average molecular weight is 265 g/mol. The van der Waals surface area contributed by atoms with Crippen molar-refractivity contribution in [3.8, 4) is 5.75 Å². The van der Waals surface area contributed by atoms with Gasteiger partial charge in [0, 0.05) is 5.56 Å². The van der Waals surface area contributed by atoms with Crippen LogP contribution in [0.15, 0.2) is 12.1 Å². The van der Waals surface area contributed by atoms with Crippen molar-refractivity contribution in [2.24, 2.45) is 5.73 Å². The van der Waals surface area contributed by atoms with Crippen LogP contribution in [0.3, 0.4) is 0 Å². The van der Waals surface area contributed by atoms with Gasteiger partial charge < -0.3 is 21.1 Å². The van der Waals surface area contributed by atoms with E-state index in [1.165, 1.54) is 0 Å². The van der Waals surface area contributed by atoms with E-state index in [-0.39, 0.29) is 11.6 Å². The molecule has 0 aliphatic rings. The Morgan fingerprint density at radius 1 is 1.39 bits per heavy atom. The fraction of sp³-hybridized carbons (Fsp3) is 0.300. The highest BCUT2D eigenvalue weighted by molar-refractivity contribution is 5.90. The molecule has 0 radical (unpaired) electrons. The SMILES string of the molecule is N[C@@H](CO)c1cc(C(=O)O)c(C(F)(F)F)cc1O. The minimum atomic E-state index is -4.91. The van der Waals surface area contributed by atoms with Crippen LogP contribution in [-0.2, 0) is 6.18 Å². The molecule has 1 aromatic rings. The predicted octanol–water partition coefficient (Wildman–Crippen LogP) is 1.10. The van der Waals surface area contributed by atoms with Gasteiger partial charge in [-0.15, -0.1) is 0 Å². The lowest BCUT2D eigenvalue weighted by Gasteiger charge is -2.16. The molecule has 1 rings (SSSR count). The summed E-state index contributed by atoms with van der Waals surface area (Å²) in [5.74, 6) is -2.61. The molecule has 0 saturated carbocycles. The van der Waals surface area contributed by atoms with Crippen molar-refractivity contribution in [2.75, 3.05) is 6.61 Å². The Bertz CT molecular complexity index is 473. The van der Waals surface area contributed by atoms with Crippen molar-refractivity contribution >= 4 is 5.97 Å². The van der Waals surface area contributed by atoms with Gasteiger partial charge in [0.05, 0.1) is 23.8 Å². The van der Waals surface area contributed by atoms with Gasteiger partial charge in [0.25, 0.3) is 0 Å². The number of rotatable bonds is 3. The summed E-state index contributed by atoms with van der Waals surface area (Å²) in [6.45, 7) is -0.641. The zero-order valence-electron chi connectivity index (χ0n) is 8.90. The maximum absolute atomic E-state index is 12.5. The summed E-state index contributed by atoms with van der Waals surface area (Å²) in [5.41, 5.74) is 2.58. The van der Waals surface area contributed by atoms with Crippen molar-refractivity contribution in [1.82, 2.24) is 0 Å². The van der Waals surface area contributed by atoms with Gasteiger partial charge in [-0.1, -0.05) is 0 Å². The Kier molecular flexibility index (Phi) is 3.82. The number of aromatic hydroxyl groups is 1. The molecular formula is C10H10F3NO4. The van der Waals surface area contributed by atoms with E-state index in [0.29, 0.717) is 6.07 Å². The third kappa shape index (κ3) is 2.71. The molecule has 0 aromatic heterocycles. The van der Waals surface area contributed by atoms with Crippen LogP contribution in [0.2, 0.25) is 0 Å². The number of carbonyl (C=O) groups is 1. The zero-order chi connectivity index (χ0) is 14.1. The highest BCUT2D eigenvalue weighted by Gasteiger charge is 2.36. The van der Waals surface area contributed by atoms with Crippen LogP contribution in [-0.4, -0.2) is 27.9 Å².